The van der Waals surface area contributed by atoms with Gasteiger partial charge in [-0.1, -0.05) is 13.8 Å². The highest BCUT2D eigenvalue weighted by Crippen LogP contribution is 2.32. The maximum atomic E-state index is 10.7. The van der Waals surface area contributed by atoms with Crippen molar-refractivity contribution in [2.75, 3.05) is 18.0 Å². The molecule has 92 valence electrons. The molecule has 0 aliphatic carbocycles. The summed E-state index contributed by atoms with van der Waals surface area (Å²) in [6.07, 6.45) is 2.19. The van der Waals surface area contributed by atoms with Gasteiger partial charge in [0.25, 0.3) is 0 Å². The van der Waals surface area contributed by atoms with Gasteiger partial charge in [0, 0.05) is 23.1 Å². The maximum absolute atomic E-state index is 10.7. The second kappa shape index (κ2) is 5.21. The Labute approximate surface area is 111 Å². The van der Waals surface area contributed by atoms with E-state index in [9.17, 15) is 4.79 Å². The van der Waals surface area contributed by atoms with E-state index < -0.39 is 0 Å². The van der Waals surface area contributed by atoms with E-state index in [1.165, 1.54) is 12.1 Å². The van der Waals surface area contributed by atoms with Crippen LogP contribution in [0.25, 0.3) is 0 Å². The van der Waals surface area contributed by atoms with Crippen LogP contribution < -0.4 is 4.90 Å². The number of piperidine rings is 1. The molecule has 0 saturated carbocycles. The lowest BCUT2D eigenvalue weighted by Gasteiger charge is -2.37. The minimum atomic E-state index is 0.721. The molecule has 1 aromatic rings. The Morgan fingerprint density at radius 1 is 1.29 bits per heavy atom. The molecule has 2 nitrogen and oxygen atoms in total. The van der Waals surface area contributed by atoms with E-state index in [0.29, 0.717) is 0 Å². The first-order valence-corrected chi connectivity index (χ1v) is 6.89. The van der Waals surface area contributed by atoms with Gasteiger partial charge >= 0.3 is 0 Å². The fourth-order valence-electron chi connectivity index (χ4n) is 2.71. The molecule has 1 saturated heterocycles. The number of nitrogens with zero attached hydrogens (tertiary/aromatic N) is 1. The highest BCUT2D eigenvalue weighted by atomic mass is 79.9. The number of rotatable bonds is 2. The van der Waals surface area contributed by atoms with Crippen molar-refractivity contribution in [1.82, 2.24) is 0 Å². The molecule has 0 bridgehead atoms. The highest BCUT2D eigenvalue weighted by Gasteiger charge is 2.23. The molecule has 1 fully saturated rings. The van der Waals surface area contributed by atoms with E-state index in [2.05, 4.69) is 34.7 Å². The van der Waals surface area contributed by atoms with Crippen LogP contribution in [0, 0.1) is 11.8 Å². The molecule has 2 unspecified atom stereocenters. The molecule has 1 aliphatic heterocycles. The van der Waals surface area contributed by atoms with Crippen LogP contribution in [0.2, 0.25) is 0 Å². The number of anilines is 1. The van der Waals surface area contributed by atoms with Crippen molar-refractivity contribution < 1.29 is 4.79 Å². The van der Waals surface area contributed by atoms with Crippen molar-refractivity contribution in [3.05, 3.63) is 28.2 Å². The first kappa shape index (κ1) is 12.6. The van der Waals surface area contributed by atoms with Gasteiger partial charge in [0.2, 0.25) is 0 Å². The zero-order valence-electron chi connectivity index (χ0n) is 10.3. The molecule has 0 amide bonds. The Balaban J connectivity index is 2.24. The molecule has 1 aliphatic rings. The maximum Gasteiger partial charge on any atom is 0.150 e. The van der Waals surface area contributed by atoms with Crippen molar-refractivity contribution in [2.45, 2.75) is 20.3 Å². The zero-order valence-corrected chi connectivity index (χ0v) is 11.9. The van der Waals surface area contributed by atoms with Gasteiger partial charge in [-0.2, -0.15) is 0 Å². The average molecular weight is 296 g/mol. The van der Waals surface area contributed by atoms with Crippen molar-refractivity contribution in [2.24, 2.45) is 11.8 Å². The average Bonchev–Trinajstić information content (AvgIpc) is 2.27. The number of carbonyl (C=O) groups excluding carboxylic acids is 1. The molecule has 0 radical (unpaired) electrons. The summed E-state index contributed by atoms with van der Waals surface area (Å²) in [5.41, 5.74) is 1.92. The summed E-state index contributed by atoms with van der Waals surface area (Å²) < 4.78 is 1.02. The van der Waals surface area contributed by atoms with E-state index in [0.717, 1.165) is 41.2 Å². The van der Waals surface area contributed by atoms with Gasteiger partial charge in [-0.15, -0.1) is 0 Å². The van der Waals surface area contributed by atoms with Gasteiger partial charge in [0.1, 0.15) is 6.29 Å². The number of carbonyl (C=O) groups is 1. The van der Waals surface area contributed by atoms with E-state index in [-0.39, 0.29) is 0 Å². The standard InChI is InChI=1S/C14H18BrNO/c1-10-5-11(2)8-16(7-10)14-4-3-12(9-17)6-13(14)15/h3-4,6,9-11H,5,7-8H2,1-2H3. The van der Waals surface area contributed by atoms with Crippen LogP contribution in [0.1, 0.15) is 30.6 Å². The topological polar surface area (TPSA) is 20.3 Å². The second-order valence-corrected chi connectivity index (χ2v) is 6.03. The minimum Gasteiger partial charge on any atom is -0.370 e. The van der Waals surface area contributed by atoms with Crippen molar-refractivity contribution in [3.8, 4) is 0 Å². The Morgan fingerprint density at radius 2 is 1.94 bits per heavy atom. The first-order valence-electron chi connectivity index (χ1n) is 6.10. The Kier molecular flexibility index (Phi) is 3.87. The van der Waals surface area contributed by atoms with Crippen LogP contribution in [0.5, 0.6) is 0 Å². The van der Waals surface area contributed by atoms with Gasteiger partial charge in [-0.05, 0) is 52.4 Å². The summed E-state index contributed by atoms with van der Waals surface area (Å²) in [6, 6.07) is 5.82. The normalized spacial score (nSPS) is 24.8. The molecule has 0 aromatic heterocycles. The molecule has 17 heavy (non-hydrogen) atoms. The summed E-state index contributed by atoms with van der Waals surface area (Å²) >= 11 is 3.56. The number of hydrogen-bond acceptors (Lipinski definition) is 2. The number of aldehydes is 1. The van der Waals surface area contributed by atoms with Crippen LogP contribution in [0.4, 0.5) is 5.69 Å². The van der Waals surface area contributed by atoms with Crippen molar-refractivity contribution >= 4 is 27.9 Å². The van der Waals surface area contributed by atoms with Gasteiger partial charge in [-0.25, -0.2) is 0 Å². The van der Waals surface area contributed by atoms with E-state index in [1.54, 1.807) is 0 Å². The lowest BCUT2D eigenvalue weighted by molar-refractivity contribution is 0.112. The highest BCUT2D eigenvalue weighted by molar-refractivity contribution is 9.10. The molecular weight excluding hydrogens is 278 g/mol. The van der Waals surface area contributed by atoms with Gasteiger partial charge in [-0.3, -0.25) is 4.79 Å². The molecule has 3 heteroatoms. The van der Waals surface area contributed by atoms with Crippen molar-refractivity contribution in [1.29, 1.82) is 0 Å². The predicted octanol–water partition coefficient (Wildman–Crippen LogP) is 3.74. The summed E-state index contributed by atoms with van der Waals surface area (Å²) in [6.45, 7) is 6.81. The monoisotopic (exact) mass is 295 g/mol. The number of benzene rings is 1. The van der Waals surface area contributed by atoms with Gasteiger partial charge in [0.15, 0.2) is 0 Å². The Morgan fingerprint density at radius 3 is 2.47 bits per heavy atom. The van der Waals surface area contributed by atoms with E-state index in [1.807, 2.05) is 18.2 Å². The van der Waals surface area contributed by atoms with Crippen LogP contribution in [-0.2, 0) is 0 Å². The number of hydrogen-bond donors (Lipinski definition) is 0. The predicted molar refractivity (Wildman–Crippen MR) is 74.7 cm³/mol. The fourth-order valence-corrected chi connectivity index (χ4v) is 3.36. The van der Waals surface area contributed by atoms with Crippen molar-refractivity contribution in [3.63, 3.8) is 0 Å². The summed E-state index contributed by atoms with van der Waals surface area (Å²) in [5.74, 6) is 1.47. The lowest BCUT2D eigenvalue weighted by Crippen LogP contribution is -2.38. The first-order chi connectivity index (χ1) is 8.10. The Hall–Kier alpha value is -0.830. The summed E-state index contributed by atoms with van der Waals surface area (Å²) in [7, 11) is 0. The summed E-state index contributed by atoms with van der Waals surface area (Å²) in [4.78, 5) is 13.1. The van der Waals surface area contributed by atoms with Crippen LogP contribution in [0.15, 0.2) is 22.7 Å². The summed E-state index contributed by atoms with van der Waals surface area (Å²) in [5, 5.41) is 0. The smallest absolute Gasteiger partial charge is 0.150 e. The number of halogens is 1. The lowest BCUT2D eigenvalue weighted by atomic mass is 9.91. The molecular formula is C14H18BrNO. The molecule has 1 heterocycles. The largest absolute Gasteiger partial charge is 0.370 e. The molecule has 2 atom stereocenters. The zero-order chi connectivity index (χ0) is 12.4. The quantitative estimate of drug-likeness (QED) is 0.775. The third-order valence-corrected chi connectivity index (χ3v) is 3.95. The third kappa shape index (κ3) is 2.89. The molecule has 0 spiro atoms. The van der Waals surface area contributed by atoms with Crippen LogP contribution >= 0.6 is 15.9 Å². The van der Waals surface area contributed by atoms with E-state index >= 15 is 0 Å². The van der Waals surface area contributed by atoms with Crippen LogP contribution in [-0.4, -0.2) is 19.4 Å². The van der Waals surface area contributed by atoms with E-state index in [4.69, 9.17) is 0 Å². The Bertz CT molecular complexity index is 409. The second-order valence-electron chi connectivity index (χ2n) is 5.18. The fraction of sp³-hybridized carbons (Fsp3) is 0.500. The van der Waals surface area contributed by atoms with Gasteiger partial charge < -0.3 is 4.90 Å². The molecule has 0 N–H and O–H groups in total. The third-order valence-electron chi connectivity index (χ3n) is 3.32. The molecule has 1 aromatic carbocycles. The van der Waals surface area contributed by atoms with Gasteiger partial charge in [0.05, 0.1) is 5.69 Å². The minimum absolute atomic E-state index is 0.721. The van der Waals surface area contributed by atoms with Crippen LogP contribution in [0.3, 0.4) is 0 Å². The SMILES string of the molecule is CC1CC(C)CN(c2ccc(C=O)cc2Br)C1. The molecule has 2 rings (SSSR count).